The Morgan fingerprint density at radius 2 is 1.94 bits per heavy atom. The van der Waals surface area contributed by atoms with Crippen LogP contribution in [0.1, 0.15) is 35.2 Å². The Morgan fingerprint density at radius 1 is 1.14 bits per heavy atom. The Morgan fingerprint density at radius 3 is 2.66 bits per heavy atom. The number of carbonyl (C=O) groups excluding carboxylic acids is 1. The zero-order chi connectivity index (χ0) is 24.5. The molecule has 3 aromatic rings. The van der Waals surface area contributed by atoms with Crippen molar-refractivity contribution in [3.63, 3.8) is 0 Å². The molecule has 1 aromatic carbocycles. The monoisotopic (exact) mass is 474 g/mol. The summed E-state index contributed by atoms with van der Waals surface area (Å²) in [6.45, 7) is 5.78. The second kappa shape index (κ2) is 9.09. The van der Waals surface area contributed by atoms with Crippen LogP contribution in [0, 0.1) is 31.0 Å². The van der Waals surface area contributed by atoms with E-state index < -0.39 is 11.9 Å². The van der Waals surface area contributed by atoms with Gasteiger partial charge in [0.1, 0.15) is 23.3 Å². The van der Waals surface area contributed by atoms with Crippen LogP contribution >= 0.6 is 0 Å². The van der Waals surface area contributed by atoms with Crippen LogP contribution in [0.15, 0.2) is 35.6 Å². The highest BCUT2D eigenvalue weighted by Crippen LogP contribution is 2.30. The van der Waals surface area contributed by atoms with Gasteiger partial charge in [-0.2, -0.15) is 20.0 Å². The van der Waals surface area contributed by atoms with Gasteiger partial charge in [-0.25, -0.2) is 24.2 Å². The molecule has 178 valence electrons. The van der Waals surface area contributed by atoms with E-state index in [1.165, 1.54) is 17.1 Å². The minimum Gasteiger partial charge on any atom is -0.353 e. The Kier molecular flexibility index (Phi) is 5.82. The molecule has 0 aliphatic carbocycles. The lowest BCUT2D eigenvalue weighted by atomic mass is 10.0. The number of urea groups is 1. The number of carbonyl (C=O) groups is 1. The average molecular weight is 475 g/mol. The van der Waals surface area contributed by atoms with Gasteiger partial charge in [-0.15, -0.1) is 5.10 Å². The largest absolute Gasteiger partial charge is 0.353 e. The Bertz CT molecular complexity index is 1340. The van der Waals surface area contributed by atoms with Crippen molar-refractivity contribution in [2.24, 2.45) is 5.10 Å². The molecule has 2 amide bonds. The molecule has 0 spiro atoms. The van der Waals surface area contributed by atoms with Crippen molar-refractivity contribution in [2.75, 3.05) is 31.1 Å². The molecule has 1 unspecified atom stereocenters. The van der Waals surface area contributed by atoms with Crippen LogP contribution in [0.25, 0.3) is 5.95 Å². The minimum absolute atomic E-state index is 0.216. The third-order valence-electron chi connectivity index (χ3n) is 6.03. The van der Waals surface area contributed by atoms with Gasteiger partial charge in [0, 0.05) is 45.0 Å². The topological polar surface area (TPSA) is 119 Å². The second-order valence-electron chi connectivity index (χ2n) is 8.37. The minimum atomic E-state index is -0.507. The first-order chi connectivity index (χ1) is 16.9. The number of piperazine rings is 1. The number of nitriles is 1. The third-order valence-corrected chi connectivity index (χ3v) is 6.03. The number of nitrogens with zero attached hydrogens (tertiary/aromatic N) is 10. The van der Waals surface area contributed by atoms with E-state index in [4.69, 9.17) is 5.26 Å². The summed E-state index contributed by atoms with van der Waals surface area (Å²) in [5, 5.41) is 19.1. The fourth-order valence-electron chi connectivity index (χ4n) is 4.34. The number of rotatable bonds is 3. The molecule has 2 aromatic heterocycles. The van der Waals surface area contributed by atoms with Crippen LogP contribution < -0.4 is 4.90 Å². The Labute approximate surface area is 201 Å². The highest BCUT2D eigenvalue weighted by Gasteiger charge is 2.33. The van der Waals surface area contributed by atoms with Gasteiger partial charge in [-0.3, -0.25) is 0 Å². The maximum atomic E-state index is 14.0. The normalized spacial score (nSPS) is 17.7. The number of halogens is 1. The molecule has 0 saturated carbocycles. The molecule has 1 fully saturated rings. The third kappa shape index (κ3) is 4.40. The molecule has 0 N–H and O–H groups in total. The maximum Gasteiger partial charge on any atom is 0.341 e. The predicted octanol–water partition coefficient (Wildman–Crippen LogP) is 2.36. The molecule has 1 atom stereocenters. The summed E-state index contributed by atoms with van der Waals surface area (Å²) in [6, 6.07) is 7.23. The van der Waals surface area contributed by atoms with Crippen molar-refractivity contribution in [2.45, 2.75) is 26.3 Å². The van der Waals surface area contributed by atoms with E-state index in [1.54, 1.807) is 28.1 Å². The number of hydrazone groups is 1. The van der Waals surface area contributed by atoms with Crippen molar-refractivity contribution in [1.82, 2.24) is 34.6 Å². The quantitative estimate of drug-likeness (QED) is 0.572. The fraction of sp³-hybridized carbons (Fsp3) is 0.348. The molecular weight excluding hydrogens is 451 g/mol. The molecule has 5 rings (SSSR count). The first-order valence-electron chi connectivity index (χ1n) is 11.2. The molecule has 0 bridgehead atoms. The van der Waals surface area contributed by atoms with Gasteiger partial charge in [-0.1, -0.05) is 0 Å². The van der Waals surface area contributed by atoms with E-state index in [0.29, 0.717) is 55.8 Å². The van der Waals surface area contributed by atoms with E-state index >= 15 is 0 Å². The summed E-state index contributed by atoms with van der Waals surface area (Å²) in [7, 11) is 0. The van der Waals surface area contributed by atoms with Crippen LogP contribution in [0.2, 0.25) is 0 Å². The molecular formula is C23H23FN10O. The van der Waals surface area contributed by atoms with Crippen molar-refractivity contribution < 1.29 is 9.18 Å². The second-order valence-corrected chi connectivity index (χ2v) is 8.37. The van der Waals surface area contributed by atoms with Gasteiger partial charge >= 0.3 is 6.03 Å². The SMILES string of the molecule is Cc1nc(C)n(-c2nccc(N3CCN(C(=O)N4N=CCC4c4cc(F)cc(C#N)c4)CC3)n2)n1. The van der Waals surface area contributed by atoms with Crippen molar-refractivity contribution in [1.29, 1.82) is 5.26 Å². The van der Waals surface area contributed by atoms with Crippen LogP contribution in [0.5, 0.6) is 0 Å². The standard InChI is InChI=1S/C23H23FN10O/c1-15-28-16(2)33(30-15)22-26-5-4-21(29-22)31-7-9-32(10-8-31)23(35)34-20(3-6-27-34)18-11-17(14-25)12-19(24)13-18/h4-6,11-13,20H,3,7-10H2,1-2H3. The first kappa shape index (κ1) is 22.4. The van der Waals surface area contributed by atoms with Crippen molar-refractivity contribution in [3.05, 3.63) is 59.1 Å². The van der Waals surface area contributed by atoms with Gasteiger partial charge in [0.05, 0.1) is 17.7 Å². The summed E-state index contributed by atoms with van der Waals surface area (Å²) in [6.07, 6.45) is 3.79. The number of aryl methyl sites for hydroxylation is 2. The van der Waals surface area contributed by atoms with Gasteiger partial charge < -0.3 is 9.80 Å². The average Bonchev–Trinajstić information content (AvgIpc) is 3.49. The zero-order valence-electron chi connectivity index (χ0n) is 19.3. The smallest absolute Gasteiger partial charge is 0.341 e. The summed E-state index contributed by atoms with van der Waals surface area (Å²) >= 11 is 0. The zero-order valence-corrected chi connectivity index (χ0v) is 19.3. The molecule has 1 saturated heterocycles. The summed E-state index contributed by atoms with van der Waals surface area (Å²) < 4.78 is 15.6. The fourth-order valence-corrected chi connectivity index (χ4v) is 4.34. The lowest BCUT2D eigenvalue weighted by molar-refractivity contribution is 0.139. The number of hydrogen-bond acceptors (Lipinski definition) is 8. The van der Waals surface area contributed by atoms with E-state index in [9.17, 15) is 9.18 Å². The van der Waals surface area contributed by atoms with Crippen molar-refractivity contribution in [3.8, 4) is 12.0 Å². The summed E-state index contributed by atoms with van der Waals surface area (Å²) in [4.78, 5) is 30.3. The van der Waals surface area contributed by atoms with Gasteiger partial charge in [0.2, 0.25) is 0 Å². The van der Waals surface area contributed by atoms with Crippen LogP contribution in [-0.4, -0.2) is 73.1 Å². The first-order valence-corrected chi connectivity index (χ1v) is 11.2. The molecule has 35 heavy (non-hydrogen) atoms. The number of amides is 2. The highest BCUT2D eigenvalue weighted by molar-refractivity contribution is 5.79. The van der Waals surface area contributed by atoms with E-state index in [-0.39, 0.29) is 11.6 Å². The molecule has 11 nitrogen and oxygen atoms in total. The molecule has 12 heteroatoms. The molecule has 0 radical (unpaired) electrons. The Hall–Kier alpha value is -4.40. The van der Waals surface area contributed by atoms with Gasteiger partial charge in [0.25, 0.3) is 5.95 Å². The molecule has 4 heterocycles. The lowest BCUT2D eigenvalue weighted by Gasteiger charge is -2.37. The number of aromatic nitrogens is 5. The van der Waals surface area contributed by atoms with E-state index in [2.05, 4.69) is 30.1 Å². The number of benzene rings is 1. The van der Waals surface area contributed by atoms with Crippen LogP contribution in [0.4, 0.5) is 15.0 Å². The highest BCUT2D eigenvalue weighted by atomic mass is 19.1. The maximum absolute atomic E-state index is 14.0. The number of anilines is 1. The molecule has 2 aliphatic heterocycles. The van der Waals surface area contributed by atoms with E-state index in [0.717, 1.165) is 5.82 Å². The van der Waals surface area contributed by atoms with Crippen molar-refractivity contribution >= 4 is 18.1 Å². The van der Waals surface area contributed by atoms with E-state index in [1.807, 2.05) is 26.0 Å². The Balaban J connectivity index is 1.27. The predicted molar refractivity (Wildman–Crippen MR) is 124 cm³/mol. The summed E-state index contributed by atoms with van der Waals surface area (Å²) in [5.74, 6) is 2.03. The van der Waals surface area contributed by atoms with Gasteiger partial charge in [-0.05, 0) is 43.7 Å². The van der Waals surface area contributed by atoms with Gasteiger partial charge in [0.15, 0.2) is 0 Å². The van der Waals surface area contributed by atoms with Crippen LogP contribution in [-0.2, 0) is 0 Å². The number of hydrogen-bond donors (Lipinski definition) is 0. The molecule has 2 aliphatic rings. The summed E-state index contributed by atoms with van der Waals surface area (Å²) in [5.41, 5.74) is 0.770. The lowest BCUT2D eigenvalue weighted by Crippen LogP contribution is -2.52. The van der Waals surface area contributed by atoms with Crippen LogP contribution in [0.3, 0.4) is 0 Å².